The molecule has 0 bridgehead atoms. The van der Waals surface area contributed by atoms with E-state index >= 15 is 0 Å². The highest BCUT2D eigenvalue weighted by Crippen LogP contribution is 2.28. The standard InChI is InChI=1S/C14H26N2O3/c1-4-8-13(2,3)15-12(19)16-14(11(17)18)9-6-5-7-10-14/h4-10H2,1-3H3,(H,17,18)(H2,15,16,19). The average Bonchev–Trinajstić information content (AvgIpc) is 2.28. The van der Waals surface area contributed by atoms with Crippen molar-refractivity contribution in [2.45, 2.75) is 76.8 Å². The van der Waals surface area contributed by atoms with E-state index in [1.165, 1.54) is 0 Å². The second kappa shape index (κ2) is 6.26. The van der Waals surface area contributed by atoms with E-state index in [0.29, 0.717) is 12.8 Å². The van der Waals surface area contributed by atoms with Gasteiger partial charge in [-0.2, -0.15) is 0 Å². The van der Waals surface area contributed by atoms with Crippen LogP contribution >= 0.6 is 0 Å². The van der Waals surface area contributed by atoms with Gasteiger partial charge < -0.3 is 15.7 Å². The third-order valence-corrected chi connectivity index (χ3v) is 3.80. The Kier molecular flexibility index (Phi) is 5.20. The quantitative estimate of drug-likeness (QED) is 0.718. The zero-order valence-electron chi connectivity index (χ0n) is 12.2. The Hall–Kier alpha value is -1.26. The number of carbonyl (C=O) groups excluding carboxylic acids is 1. The predicted molar refractivity (Wildman–Crippen MR) is 74.1 cm³/mol. The molecular formula is C14H26N2O3. The van der Waals surface area contributed by atoms with E-state index in [9.17, 15) is 14.7 Å². The molecule has 0 aromatic heterocycles. The molecule has 0 saturated heterocycles. The molecule has 0 spiro atoms. The second-order valence-corrected chi connectivity index (χ2v) is 6.16. The summed E-state index contributed by atoms with van der Waals surface area (Å²) in [5.41, 5.74) is -1.39. The van der Waals surface area contributed by atoms with Gasteiger partial charge in [-0.25, -0.2) is 9.59 Å². The zero-order chi connectivity index (χ0) is 14.5. The van der Waals surface area contributed by atoms with Gasteiger partial charge in [-0.1, -0.05) is 32.6 Å². The Labute approximate surface area is 115 Å². The molecular weight excluding hydrogens is 244 g/mol. The van der Waals surface area contributed by atoms with Crippen LogP contribution in [0.4, 0.5) is 4.79 Å². The smallest absolute Gasteiger partial charge is 0.329 e. The number of aliphatic carboxylic acids is 1. The Morgan fingerprint density at radius 2 is 1.79 bits per heavy atom. The summed E-state index contributed by atoms with van der Waals surface area (Å²) in [6, 6.07) is -0.372. The zero-order valence-corrected chi connectivity index (χ0v) is 12.2. The maximum absolute atomic E-state index is 12.0. The molecule has 1 aliphatic rings. The van der Waals surface area contributed by atoms with Crippen LogP contribution in [0.5, 0.6) is 0 Å². The Bertz CT molecular complexity index is 334. The molecule has 1 saturated carbocycles. The highest BCUT2D eigenvalue weighted by atomic mass is 16.4. The molecule has 0 aromatic carbocycles. The molecule has 0 heterocycles. The highest BCUT2D eigenvalue weighted by molar-refractivity contribution is 5.86. The van der Waals surface area contributed by atoms with Gasteiger partial charge >= 0.3 is 12.0 Å². The fourth-order valence-corrected chi connectivity index (χ4v) is 2.79. The van der Waals surface area contributed by atoms with Crippen molar-refractivity contribution < 1.29 is 14.7 Å². The van der Waals surface area contributed by atoms with Gasteiger partial charge in [0.2, 0.25) is 0 Å². The molecule has 5 nitrogen and oxygen atoms in total. The normalized spacial score (nSPS) is 18.7. The summed E-state index contributed by atoms with van der Waals surface area (Å²) in [6.07, 6.45) is 5.61. The number of hydrogen-bond acceptors (Lipinski definition) is 2. The van der Waals surface area contributed by atoms with Gasteiger partial charge in [-0.3, -0.25) is 0 Å². The van der Waals surface area contributed by atoms with Crippen molar-refractivity contribution in [3.05, 3.63) is 0 Å². The summed E-state index contributed by atoms with van der Waals surface area (Å²) in [5.74, 6) is -0.921. The van der Waals surface area contributed by atoms with Gasteiger partial charge in [0.1, 0.15) is 5.54 Å². The molecule has 110 valence electrons. The molecule has 2 amide bonds. The van der Waals surface area contributed by atoms with Crippen LogP contribution in [0.3, 0.4) is 0 Å². The van der Waals surface area contributed by atoms with E-state index in [-0.39, 0.29) is 11.6 Å². The minimum absolute atomic E-state index is 0.312. The summed E-state index contributed by atoms with van der Waals surface area (Å²) >= 11 is 0. The van der Waals surface area contributed by atoms with Crippen molar-refractivity contribution >= 4 is 12.0 Å². The summed E-state index contributed by atoms with van der Waals surface area (Å²) in [5, 5.41) is 15.0. The Balaban J connectivity index is 2.64. The number of nitrogens with one attached hydrogen (secondary N) is 2. The first kappa shape index (κ1) is 15.8. The minimum Gasteiger partial charge on any atom is -0.480 e. The molecule has 5 heteroatoms. The first-order chi connectivity index (χ1) is 8.81. The summed E-state index contributed by atoms with van der Waals surface area (Å²) < 4.78 is 0. The third kappa shape index (κ3) is 4.40. The van der Waals surface area contributed by atoms with Crippen molar-refractivity contribution in [2.75, 3.05) is 0 Å². The molecule has 0 unspecified atom stereocenters. The van der Waals surface area contributed by atoms with Gasteiger partial charge in [0.25, 0.3) is 0 Å². The number of carboxylic acids is 1. The van der Waals surface area contributed by atoms with Crippen molar-refractivity contribution in [1.82, 2.24) is 10.6 Å². The minimum atomic E-state index is -1.08. The lowest BCUT2D eigenvalue weighted by Crippen LogP contribution is -2.60. The lowest BCUT2D eigenvalue weighted by molar-refractivity contribution is -0.145. The summed E-state index contributed by atoms with van der Waals surface area (Å²) in [6.45, 7) is 5.95. The van der Waals surface area contributed by atoms with Gasteiger partial charge in [0, 0.05) is 5.54 Å². The van der Waals surface area contributed by atoms with E-state index in [0.717, 1.165) is 32.1 Å². The molecule has 3 N–H and O–H groups in total. The Morgan fingerprint density at radius 3 is 2.26 bits per heavy atom. The van der Waals surface area contributed by atoms with E-state index in [2.05, 4.69) is 17.6 Å². The van der Waals surface area contributed by atoms with Crippen LogP contribution in [0, 0.1) is 0 Å². The van der Waals surface area contributed by atoms with Crippen molar-refractivity contribution in [1.29, 1.82) is 0 Å². The summed E-state index contributed by atoms with van der Waals surface area (Å²) in [4.78, 5) is 23.5. The van der Waals surface area contributed by atoms with Gasteiger partial charge in [-0.15, -0.1) is 0 Å². The van der Waals surface area contributed by atoms with Crippen molar-refractivity contribution in [3.63, 3.8) is 0 Å². The number of amides is 2. The van der Waals surface area contributed by atoms with Gasteiger partial charge in [0.15, 0.2) is 0 Å². The molecule has 0 radical (unpaired) electrons. The largest absolute Gasteiger partial charge is 0.480 e. The lowest BCUT2D eigenvalue weighted by atomic mass is 9.82. The lowest BCUT2D eigenvalue weighted by Gasteiger charge is -2.35. The topological polar surface area (TPSA) is 78.4 Å². The fraction of sp³-hybridized carbons (Fsp3) is 0.857. The van der Waals surface area contributed by atoms with Crippen LogP contribution in [-0.2, 0) is 4.79 Å². The number of carbonyl (C=O) groups is 2. The maximum atomic E-state index is 12.0. The molecule has 1 aliphatic carbocycles. The van der Waals surface area contributed by atoms with E-state index in [4.69, 9.17) is 0 Å². The molecule has 0 atom stereocenters. The van der Waals surface area contributed by atoms with E-state index in [1.54, 1.807) is 0 Å². The first-order valence-corrected chi connectivity index (χ1v) is 7.15. The van der Waals surface area contributed by atoms with E-state index in [1.807, 2.05) is 13.8 Å². The van der Waals surface area contributed by atoms with Crippen molar-refractivity contribution in [2.24, 2.45) is 0 Å². The average molecular weight is 270 g/mol. The SMILES string of the molecule is CCCC(C)(C)NC(=O)NC1(C(=O)O)CCCCC1. The van der Waals surface area contributed by atoms with Crippen LogP contribution in [0.2, 0.25) is 0 Å². The van der Waals surface area contributed by atoms with Gasteiger partial charge in [-0.05, 0) is 33.1 Å². The Morgan fingerprint density at radius 1 is 1.21 bits per heavy atom. The monoisotopic (exact) mass is 270 g/mol. The first-order valence-electron chi connectivity index (χ1n) is 7.15. The van der Waals surface area contributed by atoms with Crippen LogP contribution in [-0.4, -0.2) is 28.2 Å². The van der Waals surface area contributed by atoms with Crippen LogP contribution in [0.1, 0.15) is 65.7 Å². The number of rotatable bonds is 5. The number of carboxylic acid groups (broad SMARTS) is 1. The molecule has 0 aromatic rings. The molecule has 1 fully saturated rings. The molecule has 0 aliphatic heterocycles. The second-order valence-electron chi connectivity index (χ2n) is 6.16. The third-order valence-electron chi connectivity index (χ3n) is 3.80. The predicted octanol–water partition coefficient (Wildman–Crippen LogP) is 2.65. The highest BCUT2D eigenvalue weighted by Gasteiger charge is 2.41. The van der Waals surface area contributed by atoms with Crippen LogP contribution < -0.4 is 10.6 Å². The van der Waals surface area contributed by atoms with Crippen LogP contribution in [0.25, 0.3) is 0 Å². The van der Waals surface area contributed by atoms with Crippen molar-refractivity contribution in [3.8, 4) is 0 Å². The summed E-state index contributed by atoms with van der Waals surface area (Å²) in [7, 11) is 0. The number of urea groups is 1. The van der Waals surface area contributed by atoms with Crippen LogP contribution in [0.15, 0.2) is 0 Å². The van der Waals surface area contributed by atoms with Gasteiger partial charge in [0.05, 0.1) is 0 Å². The number of hydrogen-bond donors (Lipinski definition) is 3. The maximum Gasteiger partial charge on any atom is 0.329 e. The molecule has 19 heavy (non-hydrogen) atoms. The molecule has 1 rings (SSSR count). The fourth-order valence-electron chi connectivity index (χ4n) is 2.79. The van der Waals surface area contributed by atoms with E-state index < -0.39 is 11.5 Å².